The van der Waals surface area contributed by atoms with E-state index < -0.39 is 5.60 Å². The van der Waals surface area contributed by atoms with Gasteiger partial charge in [0.05, 0.1) is 12.2 Å². The summed E-state index contributed by atoms with van der Waals surface area (Å²) in [6.45, 7) is 0.910. The zero-order chi connectivity index (χ0) is 15.0. The second-order valence-corrected chi connectivity index (χ2v) is 5.83. The van der Waals surface area contributed by atoms with Gasteiger partial charge in [-0.2, -0.15) is 0 Å². The molecule has 2 N–H and O–H groups in total. The number of benzene rings is 1. The molecule has 0 spiro atoms. The fourth-order valence-corrected chi connectivity index (χ4v) is 2.68. The molecule has 1 fully saturated rings. The Morgan fingerprint density at radius 2 is 1.90 bits per heavy atom. The molecule has 0 atom stereocenters. The topological polar surface area (TPSA) is 58.6 Å². The van der Waals surface area contributed by atoms with E-state index >= 15 is 0 Å². The van der Waals surface area contributed by atoms with E-state index in [1.165, 1.54) is 6.42 Å². The summed E-state index contributed by atoms with van der Waals surface area (Å²) in [6, 6.07) is 9.59. The van der Waals surface area contributed by atoms with Crippen LogP contribution in [0.5, 0.6) is 5.75 Å². The molecule has 0 bridgehead atoms. The lowest BCUT2D eigenvalue weighted by Crippen LogP contribution is -2.44. The average Bonchev–Trinajstić information content (AvgIpc) is 2.51. The maximum atomic E-state index is 11.8. The van der Waals surface area contributed by atoms with Gasteiger partial charge < -0.3 is 15.2 Å². The second kappa shape index (κ2) is 8.03. The summed E-state index contributed by atoms with van der Waals surface area (Å²) in [5, 5.41) is 13.1. The van der Waals surface area contributed by atoms with Crippen LogP contribution in [0, 0.1) is 0 Å². The van der Waals surface area contributed by atoms with Crippen LogP contribution in [0.1, 0.15) is 44.9 Å². The SMILES string of the molecule is O=C(CCCOc1ccccc1)NCC1(O)CCCCC1. The van der Waals surface area contributed by atoms with Crippen molar-refractivity contribution in [2.24, 2.45) is 0 Å². The van der Waals surface area contributed by atoms with Crippen LogP contribution in [0.15, 0.2) is 30.3 Å². The van der Waals surface area contributed by atoms with Crippen molar-refractivity contribution in [2.45, 2.75) is 50.5 Å². The fourth-order valence-electron chi connectivity index (χ4n) is 2.68. The van der Waals surface area contributed by atoms with Crippen molar-refractivity contribution in [3.05, 3.63) is 30.3 Å². The number of rotatable bonds is 7. The van der Waals surface area contributed by atoms with Crippen molar-refractivity contribution >= 4 is 5.91 Å². The Labute approximate surface area is 126 Å². The van der Waals surface area contributed by atoms with Crippen molar-refractivity contribution in [2.75, 3.05) is 13.2 Å². The number of carbonyl (C=O) groups is 1. The number of ether oxygens (including phenoxy) is 1. The van der Waals surface area contributed by atoms with E-state index in [4.69, 9.17) is 4.74 Å². The largest absolute Gasteiger partial charge is 0.494 e. The van der Waals surface area contributed by atoms with Gasteiger partial charge in [0.2, 0.25) is 5.91 Å². The third kappa shape index (κ3) is 5.76. The monoisotopic (exact) mass is 291 g/mol. The first-order valence-corrected chi connectivity index (χ1v) is 7.85. The van der Waals surface area contributed by atoms with Crippen LogP contribution in [-0.2, 0) is 4.79 Å². The molecule has 1 aliphatic rings. The lowest BCUT2D eigenvalue weighted by atomic mass is 9.85. The predicted octanol–water partition coefficient (Wildman–Crippen LogP) is 2.66. The second-order valence-electron chi connectivity index (χ2n) is 5.83. The zero-order valence-corrected chi connectivity index (χ0v) is 12.5. The van der Waals surface area contributed by atoms with Crippen molar-refractivity contribution in [1.82, 2.24) is 5.32 Å². The Balaban J connectivity index is 1.57. The molecule has 0 saturated heterocycles. The van der Waals surface area contributed by atoms with E-state index in [1.807, 2.05) is 30.3 Å². The van der Waals surface area contributed by atoms with Gasteiger partial charge in [0.25, 0.3) is 0 Å². The van der Waals surface area contributed by atoms with Crippen LogP contribution in [-0.4, -0.2) is 29.8 Å². The maximum absolute atomic E-state index is 11.8. The maximum Gasteiger partial charge on any atom is 0.220 e. The first-order chi connectivity index (χ1) is 10.2. The molecule has 0 heterocycles. The molecule has 4 nitrogen and oxygen atoms in total. The van der Waals surface area contributed by atoms with Crippen molar-refractivity contribution < 1.29 is 14.6 Å². The smallest absolute Gasteiger partial charge is 0.220 e. The third-order valence-electron chi connectivity index (χ3n) is 3.96. The Morgan fingerprint density at radius 1 is 1.19 bits per heavy atom. The molecule has 1 saturated carbocycles. The first kappa shape index (κ1) is 15.8. The van der Waals surface area contributed by atoms with E-state index in [2.05, 4.69) is 5.32 Å². The molecule has 2 rings (SSSR count). The average molecular weight is 291 g/mol. The Morgan fingerprint density at radius 3 is 2.62 bits per heavy atom. The van der Waals surface area contributed by atoms with Crippen LogP contribution in [0.25, 0.3) is 0 Å². The molecule has 1 amide bonds. The van der Waals surface area contributed by atoms with Crippen LogP contribution < -0.4 is 10.1 Å². The molecule has 0 radical (unpaired) electrons. The number of hydrogen-bond donors (Lipinski definition) is 2. The number of hydrogen-bond acceptors (Lipinski definition) is 3. The predicted molar refractivity (Wildman–Crippen MR) is 82.2 cm³/mol. The van der Waals surface area contributed by atoms with Crippen molar-refractivity contribution in [1.29, 1.82) is 0 Å². The molecule has 21 heavy (non-hydrogen) atoms. The molecule has 1 aliphatic carbocycles. The Bertz CT molecular complexity index is 427. The van der Waals surface area contributed by atoms with Crippen LogP contribution in [0.3, 0.4) is 0 Å². The number of aliphatic hydroxyl groups is 1. The minimum Gasteiger partial charge on any atom is -0.494 e. The lowest BCUT2D eigenvalue weighted by Gasteiger charge is -2.32. The van der Waals surface area contributed by atoms with Gasteiger partial charge in [-0.15, -0.1) is 0 Å². The van der Waals surface area contributed by atoms with E-state index in [9.17, 15) is 9.90 Å². The highest BCUT2D eigenvalue weighted by Crippen LogP contribution is 2.27. The summed E-state index contributed by atoms with van der Waals surface area (Å²) in [4.78, 5) is 11.8. The molecule has 0 unspecified atom stereocenters. The van der Waals surface area contributed by atoms with E-state index in [0.29, 0.717) is 26.0 Å². The highest BCUT2D eigenvalue weighted by atomic mass is 16.5. The van der Waals surface area contributed by atoms with Gasteiger partial charge in [-0.25, -0.2) is 0 Å². The van der Waals surface area contributed by atoms with Crippen molar-refractivity contribution in [3.8, 4) is 5.75 Å². The summed E-state index contributed by atoms with van der Waals surface area (Å²) < 4.78 is 5.54. The molecule has 1 aromatic carbocycles. The molecule has 1 aromatic rings. The van der Waals surface area contributed by atoms with Gasteiger partial charge in [-0.1, -0.05) is 37.5 Å². The Hall–Kier alpha value is -1.55. The Kier molecular flexibility index (Phi) is 6.05. The van der Waals surface area contributed by atoms with Crippen LogP contribution in [0.2, 0.25) is 0 Å². The molecule has 0 aromatic heterocycles. The molecular weight excluding hydrogens is 266 g/mol. The number of carbonyl (C=O) groups excluding carboxylic acids is 1. The molecule has 116 valence electrons. The molecule has 4 heteroatoms. The summed E-state index contributed by atoms with van der Waals surface area (Å²) in [5.74, 6) is 0.820. The van der Waals surface area contributed by atoms with Gasteiger partial charge >= 0.3 is 0 Å². The number of para-hydroxylation sites is 1. The lowest BCUT2D eigenvalue weighted by molar-refractivity contribution is -0.123. The number of nitrogens with one attached hydrogen (secondary N) is 1. The quantitative estimate of drug-likeness (QED) is 0.759. The highest BCUT2D eigenvalue weighted by molar-refractivity contribution is 5.75. The minimum absolute atomic E-state index is 0.00865. The summed E-state index contributed by atoms with van der Waals surface area (Å²) >= 11 is 0. The van der Waals surface area contributed by atoms with Crippen LogP contribution >= 0.6 is 0 Å². The van der Waals surface area contributed by atoms with E-state index in [1.54, 1.807) is 0 Å². The summed E-state index contributed by atoms with van der Waals surface area (Å²) in [7, 11) is 0. The minimum atomic E-state index is -0.686. The first-order valence-electron chi connectivity index (χ1n) is 7.85. The van der Waals surface area contributed by atoms with Gasteiger partial charge in [0.1, 0.15) is 5.75 Å². The molecular formula is C17H25NO3. The highest BCUT2D eigenvalue weighted by Gasteiger charge is 2.29. The van der Waals surface area contributed by atoms with Gasteiger partial charge in [-0.05, 0) is 31.4 Å². The van der Waals surface area contributed by atoms with Crippen LogP contribution in [0.4, 0.5) is 0 Å². The normalized spacial score (nSPS) is 17.2. The zero-order valence-electron chi connectivity index (χ0n) is 12.5. The summed E-state index contributed by atoms with van der Waals surface area (Å²) in [5.41, 5.74) is -0.686. The number of amides is 1. The third-order valence-corrected chi connectivity index (χ3v) is 3.96. The molecule has 0 aliphatic heterocycles. The standard InChI is InChI=1S/C17H25NO3/c19-16(18-14-17(20)11-5-2-6-12-17)10-7-13-21-15-8-3-1-4-9-15/h1,3-4,8-9,20H,2,5-7,10-14H2,(H,18,19). The van der Waals surface area contributed by atoms with E-state index in [-0.39, 0.29) is 5.91 Å². The van der Waals surface area contributed by atoms with Gasteiger partial charge in [0, 0.05) is 13.0 Å². The fraction of sp³-hybridized carbons (Fsp3) is 0.588. The summed E-state index contributed by atoms with van der Waals surface area (Å²) in [6.07, 6.45) is 6.00. The van der Waals surface area contributed by atoms with Gasteiger partial charge in [0.15, 0.2) is 0 Å². The van der Waals surface area contributed by atoms with Crippen molar-refractivity contribution in [3.63, 3.8) is 0 Å². The van der Waals surface area contributed by atoms with E-state index in [0.717, 1.165) is 31.4 Å². The van der Waals surface area contributed by atoms with Gasteiger partial charge in [-0.3, -0.25) is 4.79 Å².